The second kappa shape index (κ2) is 7.21. The van der Waals surface area contributed by atoms with Gasteiger partial charge in [0.15, 0.2) is 0 Å². The summed E-state index contributed by atoms with van der Waals surface area (Å²) in [7, 11) is 0. The molecule has 6 heteroatoms. The quantitative estimate of drug-likeness (QED) is 0.558. The summed E-state index contributed by atoms with van der Waals surface area (Å²) in [5, 5.41) is 24.1. The second-order valence-corrected chi connectivity index (χ2v) is 7.44. The lowest BCUT2D eigenvalue weighted by atomic mass is 9.98. The Hall–Kier alpha value is -2.57. The first-order chi connectivity index (χ1) is 13.0. The van der Waals surface area contributed by atoms with E-state index in [1.807, 2.05) is 30.3 Å². The molecule has 0 radical (unpaired) electrons. The highest BCUT2D eigenvalue weighted by Crippen LogP contribution is 2.30. The number of phenolic OH excluding ortho intramolecular Hbond substituents is 1. The second-order valence-electron chi connectivity index (χ2n) is 7.44. The highest BCUT2D eigenvalue weighted by molar-refractivity contribution is 5.79. The highest BCUT2D eigenvalue weighted by Gasteiger charge is 2.29. The van der Waals surface area contributed by atoms with Crippen molar-refractivity contribution < 1.29 is 10.2 Å². The maximum atomic E-state index is 12.2. The van der Waals surface area contributed by atoms with Crippen molar-refractivity contribution in [3.63, 3.8) is 0 Å². The molecule has 3 aromatic rings. The molecule has 0 aliphatic carbocycles. The predicted octanol–water partition coefficient (Wildman–Crippen LogP) is 2.45. The van der Waals surface area contributed by atoms with Crippen LogP contribution >= 0.6 is 0 Å². The molecule has 3 atom stereocenters. The number of H-pyrrole nitrogens is 1. The third kappa shape index (κ3) is 3.50. The number of phenols is 1. The lowest BCUT2D eigenvalue weighted by Crippen LogP contribution is -2.41. The van der Waals surface area contributed by atoms with Gasteiger partial charge in [-0.25, -0.2) is 4.79 Å². The van der Waals surface area contributed by atoms with Crippen molar-refractivity contribution >= 4 is 11.0 Å². The molecule has 1 aliphatic rings. The van der Waals surface area contributed by atoms with Crippen LogP contribution in [-0.2, 0) is 13.0 Å². The van der Waals surface area contributed by atoms with Gasteiger partial charge in [0, 0.05) is 24.2 Å². The van der Waals surface area contributed by atoms with Crippen LogP contribution in [0.5, 0.6) is 5.75 Å². The van der Waals surface area contributed by atoms with Gasteiger partial charge in [0.2, 0.25) is 0 Å². The molecule has 0 bridgehead atoms. The first-order valence-electron chi connectivity index (χ1n) is 9.46. The number of nitrogens with zero attached hydrogens (tertiary/aromatic N) is 1. The average Bonchev–Trinajstić information content (AvgIpc) is 2.90. The van der Waals surface area contributed by atoms with E-state index < -0.39 is 6.10 Å². The van der Waals surface area contributed by atoms with Gasteiger partial charge in [0.25, 0.3) is 0 Å². The standard InChI is InChI=1S/C21H25N3O3/c1-13(8-9-14-4-2-5-15(25)12-14)22-18-10-11-24-19-16(20(18)26)6-3-7-17(19)23-21(24)27/h2-7,12-13,18,20,22,25-26H,8-11H2,1H3,(H,23,27)/t13?,18-,20-/m1/s1. The van der Waals surface area contributed by atoms with Gasteiger partial charge in [-0.05, 0) is 49.9 Å². The molecule has 1 aliphatic heterocycles. The molecule has 4 rings (SSSR count). The summed E-state index contributed by atoms with van der Waals surface area (Å²) in [5.41, 5.74) is 3.35. The van der Waals surface area contributed by atoms with E-state index in [1.54, 1.807) is 16.7 Å². The third-order valence-electron chi connectivity index (χ3n) is 5.46. The molecule has 0 saturated heterocycles. The molecule has 0 spiro atoms. The SMILES string of the molecule is CC(CCc1cccc(O)c1)N[C@@H]1CCn2c(=O)[nH]c3cccc(c32)[C@H]1O. The fourth-order valence-corrected chi connectivity index (χ4v) is 4.06. The number of aromatic nitrogens is 2. The van der Waals surface area contributed by atoms with E-state index in [1.165, 1.54) is 0 Å². The van der Waals surface area contributed by atoms with E-state index >= 15 is 0 Å². The zero-order chi connectivity index (χ0) is 19.0. The Kier molecular flexibility index (Phi) is 4.76. The summed E-state index contributed by atoms with van der Waals surface area (Å²) in [6.07, 6.45) is 1.75. The first kappa shape index (κ1) is 17.8. The molecule has 0 fully saturated rings. The first-order valence-corrected chi connectivity index (χ1v) is 9.46. The molecule has 142 valence electrons. The summed E-state index contributed by atoms with van der Waals surface area (Å²) in [6.45, 7) is 2.68. The molecule has 6 nitrogen and oxygen atoms in total. The van der Waals surface area contributed by atoms with Gasteiger partial charge in [-0.1, -0.05) is 24.3 Å². The Bertz CT molecular complexity index is 1010. The number of rotatable bonds is 5. The van der Waals surface area contributed by atoms with Gasteiger partial charge < -0.3 is 20.5 Å². The minimum Gasteiger partial charge on any atom is -0.508 e. The molecule has 2 aromatic carbocycles. The summed E-state index contributed by atoms with van der Waals surface area (Å²) >= 11 is 0. The fraction of sp³-hybridized carbons (Fsp3) is 0.381. The molecule has 1 aromatic heterocycles. The number of aliphatic hydroxyl groups is 1. The van der Waals surface area contributed by atoms with Crippen LogP contribution in [0.2, 0.25) is 0 Å². The van der Waals surface area contributed by atoms with Crippen molar-refractivity contribution in [2.24, 2.45) is 0 Å². The van der Waals surface area contributed by atoms with Crippen molar-refractivity contribution in [3.8, 4) is 5.75 Å². The molecule has 2 heterocycles. The highest BCUT2D eigenvalue weighted by atomic mass is 16.3. The van der Waals surface area contributed by atoms with Crippen molar-refractivity contribution in [2.45, 2.75) is 50.9 Å². The van der Waals surface area contributed by atoms with Crippen LogP contribution in [-0.4, -0.2) is 31.8 Å². The van der Waals surface area contributed by atoms with Gasteiger partial charge >= 0.3 is 5.69 Å². The van der Waals surface area contributed by atoms with Crippen LogP contribution in [0.25, 0.3) is 11.0 Å². The molecular weight excluding hydrogens is 342 g/mol. The van der Waals surface area contributed by atoms with Gasteiger partial charge in [0.1, 0.15) is 5.75 Å². The molecule has 0 amide bonds. The zero-order valence-electron chi connectivity index (χ0n) is 15.4. The van der Waals surface area contributed by atoms with E-state index in [0.717, 1.165) is 35.0 Å². The zero-order valence-corrected chi connectivity index (χ0v) is 15.4. The van der Waals surface area contributed by atoms with Crippen molar-refractivity contribution in [1.29, 1.82) is 0 Å². The number of nitrogens with one attached hydrogen (secondary N) is 2. The van der Waals surface area contributed by atoms with E-state index in [4.69, 9.17) is 0 Å². The fourth-order valence-electron chi connectivity index (χ4n) is 4.06. The summed E-state index contributed by atoms with van der Waals surface area (Å²) in [5.74, 6) is 0.285. The number of aromatic hydroxyl groups is 1. The number of aliphatic hydroxyl groups excluding tert-OH is 1. The maximum absolute atomic E-state index is 12.2. The summed E-state index contributed by atoms with van der Waals surface area (Å²) < 4.78 is 1.73. The van der Waals surface area contributed by atoms with Gasteiger partial charge in [0.05, 0.1) is 17.1 Å². The minimum absolute atomic E-state index is 0.117. The predicted molar refractivity (Wildman–Crippen MR) is 105 cm³/mol. The normalized spacial score (nSPS) is 20.5. The number of para-hydroxylation sites is 1. The smallest absolute Gasteiger partial charge is 0.326 e. The van der Waals surface area contributed by atoms with E-state index in [9.17, 15) is 15.0 Å². The summed E-state index contributed by atoms with van der Waals surface area (Å²) in [6, 6.07) is 13.0. The largest absolute Gasteiger partial charge is 0.508 e. The Morgan fingerprint density at radius 2 is 2.11 bits per heavy atom. The number of benzene rings is 2. The number of imidazole rings is 1. The lowest BCUT2D eigenvalue weighted by Gasteiger charge is -2.26. The van der Waals surface area contributed by atoms with Gasteiger partial charge in [-0.2, -0.15) is 0 Å². The lowest BCUT2D eigenvalue weighted by molar-refractivity contribution is 0.119. The monoisotopic (exact) mass is 367 g/mol. The Morgan fingerprint density at radius 3 is 2.93 bits per heavy atom. The molecule has 4 N–H and O–H groups in total. The van der Waals surface area contributed by atoms with Crippen LogP contribution < -0.4 is 11.0 Å². The molecular formula is C21H25N3O3. The van der Waals surface area contributed by atoms with E-state index in [0.29, 0.717) is 13.0 Å². The Balaban J connectivity index is 1.47. The number of aromatic amines is 1. The van der Waals surface area contributed by atoms with Crippen molar-refractivity contribution in [2.75, 3.05) is 0 Å². The number of hydrogen-bond donors (Lipinski definition) is 4. The summed E-state index contributed by atoms with van der Waals surface area (Å²) in [4.78, 5) is 15.1. The number of aryl methyl sites for hydroxylation is 2. The Labute approximate surface area is 157 Å². The molecule has 1 unspecified atom stereocenters. The third-order valence-corrected chi connectivity index (χ3v) is 5.46. The molecule has 27 heavy (non-hydrogen) atoms. The topological polar surface area (TPSA) is 90.3 Å². The van der Waals surface area contributed by atoms with Crippen LogP contribution in [0.4, 0.5) is 0 Å². The van der Waals surface area contributed by atoms with Gasteiger partial charge in [-0.15, -0.1) is 0 Å². The van der Waals surface area contributed by atoms with E-state index in [2.05, 4.69) is 17.2 Å². The minimum atomic E-state index is -0.666. The van der Waals surface area contributed by atoms with Crippen LogP contribution in [0.1, 0.15) is 37.0 Å². The van der Waals surface area contributed by atoms with Crippen LogP contribution in [0, 0.1) is 0 Å². The van der Waals surface area contributed by atoms with Crippen LogP contribution in [0.15, 0.2) is 47.3 Å². The number of hydrogen-bond acceptors (Lipinski definition) is 4. The van der Waals surface area contributed by atoms with Gasteiger partial charge in [-0.3, -0.25) is 4.57 Å². The average molecular weight is 367 g/mol. The Morgan fingerprint density at radius 1 is 1.30 bits per heavy atom. The van der Waals surface area contributed by atoms with E-state index in [-0.39, 0.29) is 23.5 Å². The van der Waals surface area contributed by atoms with Crippen LogP contribution in [0.3, 0.4) is 0 Å². The molecule has 0 saturated carbocycles. The van der Waals surface area contributed by atoms with Crippen molar-refractivity contribution in [3.05, 3.63) is 64.1 Å². The van der Waals surface area contributed by atoms with Crippen molar-refractivity contribution in [1.82, 2.24) is 14.9 Å². The maximum Gasteiger partial charge on any atom is 0.326 e.